The van der Waals surface area contributed by atoms with Crippen molar-refractivity contribution >= 4 is 17.6 Å². The van der Waals surface area contributed by atoms with Crippen molar-refractivity contribution in [1.82, 2.24) is 9.97 Å². The lowest BCUT2D eigenvalue weighted by Crippen LogP contribution is -1.97. The van der Waals surface area contributed by atoms with Crippen LogP contribution >= 0.6 is 11.8 Å². The fourth-order valence-electron chi connectivity index (χ4n) is 1.60. The highest BCUT2D eigenvalue weighted by atomic mass is 32.2. The number of rotatable bonds is 2. The average Bonchev–Trinajstić information content (AvgIpc) is 2.57. The van der Waals surface area contributed by atoms with Crippen molar-refractivity contribution in [2.75, 3.05) is 5.73 Å². The summed E-state index contributed by atoms with van der Waals surface area (Å²) in [5.74, 6) is 0.517. The van der Waals surface area contributed by atoms with Crippen LogP contribution in [-0.2, 0) is 0 Å². The van der Waals surface area contributed by atoms with Gasteiger partial charge in [0.1, 0.15) is 10.8 Å². The Bertz CT molecular complexity index is 284. The molecule has 0 aliphatic heterocycles. The SMILES string of the molecule is Nc1cncc(SC2CCCC2)n1. The third-order valence-corrected chi connectivity index (χ3v) is 3.46. The summed E-state index contributed by atoms with van der Waals surface area (Å²) in [5.41, 5.74) is 5.55. The second kappa shape index (κ2) is 3.96. The van der Waals surface area contributed by atoms with E-state index < -0.39 is 0 Å². The van der Waals surface area contributed by atoms with E-state index in [2.05, 4.69) is 9.97 Å². The molecule has 1 saturated carbocycles. The Morgan fingerprint density at radius 3 is 2.77 bits per heavy atom. The number of hydrogen-bond donors (Lipinski definition) is 1. The van der Waals surface area contributed by atoms with Gasteiger partial charge in [-0.1, -0.05) is 12.8 Å². The summed E-state index contributed by atoms with van der Waals surface area (Å²) < 4.78 is 0. The molecule has 1 aliphatic rings. The van der Waals surface area contributed by atoms with Gasteiger partial charge in [-0.05, 0) is 12.8 Å². The van der Waals surface area contributed by atoms with Gasteiger partial charge >= 0.3 is 0 Å². The van der Waals surface area contributed by atoms with Crippen molar-refractivity contribution in [3.05, 3.63) is 12.4 Å². The fourth-order valence-corrected chi connectivity index (χ4v) is 2.79. The maximum absolute atomic E-state index is 5.55. The number of aromatic nitrogens is 2. The van der Waals surface area contributed by atoms with E-state index in [1.165, 1.54) is 25.7 Å². The van der Waals surface area contributed by atoms with Gasteiger partial charge in [-0.3, -0.25) is 4.98 Å². The van der Waals surface area contributed by atoms with Gasteiger partial charge in [-0.25, -0.2) is 4.98 Å². The van der Waals surface area contributed by atoms with Gasteiger partial charge in [0.05, 0.1) is 12.4 Å². The summed E-state index contributed by atoms with van der Waals surface area (Å²) >= 11 is 1.81. The minimum absolute atomic E-state index is 0.517. The molecule has 1 heterocycles. The van der Waals surface area contributed by atoms with E-state index in [1.807, 2.05) is 11.8 Å². The van der Waals surface area contributed by atoms with Crippen LogP contribution in [0.4, 0.5) is 5.82 Å². The molecule has 0 atom stereocenters. The number of nitrogen functional groups attached to an aromatic ring is 1. The lowest BCUT2D eigenvalue weighted by molar-refractivity contribution is 0.886. The van der Waals surface area contributed by atoms with Gasteiger partial charge in [0.15, 0.2) is 0 Å². The van der Waals surface area contributed by atoms with Crippen LogP contribution in [0.15, 0.2) is 17.4 Å². The molecule has 2 rings (SSSR count). The normalized spacial score (nSPS) is 17.8. The Kier molecular flexibility index (Phi) is 2.68. The lowest BCUT2D eigenvalue weighted by atomic mass is 10.4. The molecule has 0 radical (unpaired) electrons. The number of nitrogens with two attached hydrogens (primary N) is 1. The van der Waals surface area contributed by atoms with E-state index in [1.54, 1.807) is 12.4 Å². The van der Waals surface area contributed by atoms with Crippen LogP contribution in [0.2, 0.25) is 0 Å². The van der Waals surface area contributed by atoms with Gasteiger partial charge in [-0.15, -0.1) is 11.8 Å². The van der Waals surface area contributed by atoms with Crippen molar-refractivity contribution < 1.29 is 0 Å². The Balaban J connectivity index is 2.00. The highest BCUT2D eigenvalue weighted by molar-refractivity contribution is 7.99. The first-order valence-electron chi connectivity index (χ1n) is 4.59. The van der Waals surface area contributed by atoms with Gasteiger partial charge in [0.25, 0.3) is 0 Å². The first kappa shape index (κ1) is 8.81. The smallest absolute Gasteiger partial charge is 0.143 e. The Morgan fingerprint density at radius 2 is 2.08 bits per heavy atom. The Labute approximate surface area is 82.2 Å². The highest BCUT2D eigenvalue weighted by Crippen LogP contribution is 2.33. The minimum Gasteiger partial charge on any atom is -0.382 e. The summed E-state index contributed by atoms with van der Waals surface area (Å²) in [6.07, 6.45) is 8.70. The van der Waals surface area contributed by atoms with E-state index in [0.717, 1.165) is 10.3 Å². The van der Waals surface area contributed by atoms with E-state index in [0.29, 0.717) is 5.82 Å². The average molecular weight is 195 g/mol. The summed E-state index contributed by atoms with van der Waals surface area (Å²) in [5, 5.41) is 1.70. The third-order valence-electron chi connectivity index (χ3n) is 2.22. The summed E-state index contributed by atoms with van der Waals surface area (Å²) in [6, 6.07) is 0. The summed E-state index contributed by atoms with van der Waals surface area (Å²) in [6.45, 7) is 0. The molecule has 1 aliphatic carbocycles. The molecule has 4 heteroatoms. The molecule has 1 aromatic rings. The van der Waals surface area contributed by atoms with E-state index in [4.69, 9.17) is 5.73 Å². The standard InChI is InChI=1S/C9H13N3S/c10-8-5-11-6-9(12-8)13-7-3-1-2-4-7/h5-7H,1-4H2,(H2,10,12). The summed E-state index contributed by atoms with van der Waals surface area (Å²) in [7, 11) is 0. The Morgan fingerprint density at radius 1 is 1.31 bits per heavy atom. The van der Waals surface area contributed by atoms with Crippen molar-refractivity contribution in [2.45, 2.75) is 36.0 Å². The van der Waals surface area contributed by atoms with Gasteiger partial charge in [0, 0.05) is 5.25 Å². The zero-order valence-corrected chi connectivity index (χ0v) is 8.26. The first-order chi connectivity index (χ1) is 6.34. The molecular formula is C9H13N3S. The Hall–Kier alpha value is -0.770. The largest absolute Gasteiger partial charge is 0.382 e. The molecule has 0 aromatic carbocycles. The second-order valence-electron chi connectivity index (χ2n) is 3.31. The number of thioether (sulfide) groups is 1. The van der Waals surface area contributed by atoms with Crippen molar-refractivity contribution in [2.24, 2.45) is 0 Å². The third kappa shape index (κ3) is 2.34. The number of nitrogens with zero attached hydrogens (tertiary/aromatic N) is 2. The zero-order valence-electron chi connectivity index (χ0n) is 7.44. The van der Waals surface area contributed by atoms with Gasteiger partial charge in [-0.2, -0.15) is 0 Å². The first-order valence-corrected chi connectivity index (χ1v) is 5.47. The number of hydrogen-bond acceptors (Lipinski definition) is 4. The predicted molar refractivity (Wildman–Crippen MR) is 54.6 cm³/mol. The van der Waals surface area contributed by atoms with Gasteiger partial charge < -0.3 is 5.73 Å². The molecule has 0 bridgehead atoms. The van der Waals surface area contributed by atoms with Crippen LogP contribution in [0.5, 0.6) is 0 Å². The molecule has 70 valence electrons. The molecule has 0 saturated heterocycles. The maximum atomic E-state index is 5.55. The fraction of sp³-hybridized carbons (Fsp3) is 0.556. The molecule has 2 N–H and O–H groups in total. The molecular weight excluding hydrogens is 182 g/mol. The van der Waals surface area contributed by atoms with Crippen molar-refractivity contribution in [1.29, 1.82) is 0 Å². The van der Waals surface area contributed by atoms with Crippen LogP contribution < -0.4 is 5.73 Å². The van der Waals surface area contributed by atoms with Crippen LogP contribution in [0.3, 0.4) is 0 Å². The molecule has 1 fully saturated rings. The van der Waals surface area contributed by atoms with Gasteiger partial charge in [0.2, 0.25) is 0 Å². The molecule has 1 aromatic heterocycles. The molecule has 3 nitrogen and oxygen atoms in total. The zero-order chi connectivity index (χ0) is 9.10. The predicted octanol–water partition coefficient (Wildman–Crippen LogP) is 2.09. The monoisotopic (exact) mass is 195 g/mol. The molecule has 0 amide bonds. The van der Waals surface area contributed by atoms with Crippen LogP contribution in [0.25, 0.3) is 0 Å². The quantitative estimate of drug-likeness (QED) is 0.785. The van der Waals surface area contributed by atoms with E-state index in [-0.39, 0.29) is 0 Å². The van der Waals surface area contributed by atoms with Crippen molar-refractivity contribution in [3.8, 4) is 0 Å². The molecule has 13 heavy (non-hydrogen) atoms. The number of anilines is 1. The minimum atomic E-state index is 0.517. The maximum Gasteiger partial charge on any atom is 0.143 e. The van der Waals surface area contributed by atoms with E-state index >= 15 is 0 Å². The molecule has 0 unspecified atom stereocenters. The van der Waals surface area contributed by atoms with Crippen molar-refractivity contribution in [3.63, 3.8) is 0 Å². The van der Waals surface area contributed by atoms with Crippen LogP contribution in [0, 0.1) is 0 Å². The van der Waals surface area contributed by atoms with Crippen LogP contribution in [0.1, 0.15) is 25.7 Å². The van der Waals surface area contributed by atoms with E-state index in [9.17, 15) is 0 Å². The topological polar surface area (TPSA) is 51.8 Å². The molecule has 0 spiro atoms. The summed E-state index contributed by atoms with van der Waals surface area (Å²) in [4.78, 5) is 8.23. The highest BCUT2D eigenvalue weighted by Gasteiger charge is 2.16. The second-order valence-corrected chi connectivity index (χ2v) is 4.63. The van der Waals surface area contributed by atoms with Crippen LogP contribution in [-0.4, -0.2) is 15.2 Å². The lowest BCUT2D eigenvalue weighted by Gasteiger charge is -2.06.